The van der Waals surface area contributed by atoms with Crippen molar-refractivity contribution in [1.82, 2.24) is 9.80 Å². The highest BCUT2D eigenvalue weighted by atomic mass is 19.1. The molecule has 0 atom stereocenters. The number of likely N-dealkylation sites (tertiary alicyclic amines) is 1. The molecule has 1 aromatic rings. The Morgan fingerprint density at radius 2 is 1.86 bits per heavy atom. The van der Waals surface area contributed by atoms with E-state index < -0.39 is 0 Å². The molecular formula is C18H27FN2O. The van der Waals surface area contributed by atoms with Crippen molar-refractivity contribution >= 4 is 6.08 Å². The topological polar surface area (TPSA) is 26.7 Å². The monoisotopic (exact) mass is 306 g/mol. The van der Waals surface area contributed by atoms with E-state index in [9.17, 15) is 9.50 Å². The molecule has 2 rings (SSSR count). The number of piperidine rings is 1. The highest BCUT2D eigenvalue weighted by molar-refractivity contribution is 5.48. The van der Waals surface area contributed by atoms with Crippen LogP contribution in [0.15, 0.2) is 30.3 Å². The summed E-state index contributed by atoms with van der Waals surface area (Å²) in [6, 6.07) is 6.54. The van der Waals surface area contributed by atoms with Crippen LogP contribution in [0.1, 0.15) is 18.4 Å². The molecule has 1 aliphatic heterocycles. The molecule has 1 N–H and O–H groups in total. The van der Waals surface area contributed by atoms with E-state index in [1.165, 1.54) is 12.1 Å². The van der Waals surface area contributed by atoms with E-state index >= 15 is 0 Å². The summed E-state index contributed by atoms with van der Waals surface area (Å²) in [5.41, 5.74) is 1.08. The quantitative estimate of drug-likeness (QED) is 0.875. The summed E-state index contributed by atoms with van der Waals surface area (Å²) in [5.74, 6) is -0.200. The number of aliphatic hydroxyl groups excluding tert-OH is 1. The number of hydrogen-bond donors (Lipinski definition) is 1. The molecule has 0 aliphatic carbocycles. The van der Waals surface area contributed by atoms with Gasteiger partial charge in [0.15, 0.2) is 0 Å². The summed E-state index contributed by atoms with van der Waals surface area (Å²) in [6.45, 7) is 4.15. The van der Waals surface area contributed by atoms with Crippen molar-refractivity contribution in [3.05, 3.63) is 41.7 Å². The first kappa shape index (κ1) is 17.1. The lowest BCUT2D eigenvalue weighted by molar-refractivity contribution is 0.0276. The van der Waals surface area contributed by atoms with Crippen LogP contribution in [0.4, 0.5) is 4.39 Å². The average Bonchev–Trinajstić information content (AvgIpc) is 2.50. The Morgan fingerprint density at radius 1 is 1.23 bits per heavy atom. The summed E-state index contributed by atoms with van der Waals surface area (Å²) >= 11 is 0. The molecule has 1 heterocycles. The Morgan fingerprint density at radius 3 is 2.41 bits per heavy atom. The van der Waals surface area contributed by atoms with E-state index in [0.717, 1.165) is 44.6 Å². The summed E-state index contributed by atoms with van der Waals surface area (Å²) in [7, 11) is 4.13. The molecule has 4 heteroatoms. The minimum absolute atomic E-state index is 0.0562. The Bertz CT molecular complexity index is 476. The fourth-order valence-corrected chi connectivity index (χ4v) is 3.16. The van der Waals surface area contributed by atoms with Crippen LogP contribution in [0.5, 0.6) is 0 Å². The fraction of sp³-hybridized carbons (Fsp3) is 0.556. The predicted molar refractivity (Wildman–Crippen MR) is 89.2 cm³/mol. The normalized spacial score (nSPS) is 19.1. The van der Waals surface area contributed by atoms with Gasteiger partial charge in [0.05, 0.1) is 6.61 Å². The van der Waals surface area contributed by atoms with Gasteiger partial charge in [-0.15, -0.1) is 0 Å². The zero-order chi connectivity index (χ0) is 16.0. The minimum Gasteiger partial charge on any atom is -0.396 e. The SMILES string of the molecule is CN(C)CC1(CO)CCN(CC=Cc2ccc(F)cc2)CC1. The van der Waals surface area contributed by atoms with E-state index in [2.05, 4.69) is 30.0 Å². The third kappa shape index (κ3) is 4.90. The van der Waals surface area contributed by atoms with Crippen LogP contribution in [-0.2, 0) is 0 Å². The number of aliphatic hydroxyl groups is 1. The highest BCUT2D eigenvalue weighted by Crippen LogP contribution is 2.31. The molecule has 1 saturated heterocycles. The van der Waals surface area contributed by atoms with Crippen LogP contribution >= 0.6 is 0 Å². The molecule has 122 valence electrons. The van der Waals surface area contributed by atoms with E-state index in [0.29, 0.717) is 0 Å². The largest absolute Gasteiger partial charge is 0.396 e. The molecule has 0 aromatic heterocycles. The number of nitrogens with zero attached hydrogens (tertiary/aromatic N) is 2. The molecule has 22 heavy (non-hydrogen) atoms. The van der Waals surface area contributed by atoms with Gasteiger partial charge in [-0.05, 0) is 57.7 Å². The van der Waals surface area contributed by atoms with Crippen molar-refractivity contribution in [2.75, 3.05) is 46.9 Å². The first-order valence-electron chi connectivity index (χ1n) is 7.93. The third-order valence-electron chi connectivity index (χ3n) is 4.45. The van der Waals surface area contributed by atoms with Crippen LogP contribution < -0.4 is 0 Å². The molecule has 0 saturated carbocycles. The van der Waals surface area contributed by atoms with E-state index in [-0.39, 0.29) is 17.8 Å². The Balaban J connectivity index is 1.80. The highest BCUT2D eigenvalue weighted by Gasteiger charge is 2.34. The van der Waals surface area contributed by atoms with Crippen molar-refractivity contribution in [1.29, 1.82) is 0 Å². The van der Waals surface area contributed by atoms with Crippen LogP contribution in [0, 0.1) is 11.2 Å². The smallest absolute Gasteiger partial charge is 0.123 e. The van der Waals surface area contributed by atoms with Crippen molar-refractivity contribution < 1.29 is 9.50 Å². The maximum Gasteiger partial charge on any atom is 0.123 e. The van der Waals surface area contributed by atoms with Crippen molar-refractivity contribution in [3.63, 3.8) is 0 Å². The second kappa shape index (κ2) is 7.86. The van der Waals surface area contributed by atoms with Crippen LogP contribution in [-0.4, -0.2) is 61.8 Å². The molecule has 1 fully saturated rings. The summed E-state index contributed by atoms with van der Waals surface area (Å²) in [6.07, 6.45) is 6.23. The Labute approximate surface area is 133 Å². The van der Waals surface area contributed by atoms with Gasteiger partial charge in [-0.1, -0.05) is 24.3 Å². The van der Waals surface area contributed by atoms with Crippen molar-refractivity contribution in [2.45, 2.75) is 12.8 Å². The van der Waals surface area contributed by atoms with Gasteiger partial charge in [-0.25, -0.2) is 4.39 Å². The van der Waals surface area contributed by atoms with Crippen molar-refractivity contribution in [3.8, 4) is 0 Å². The maximum absolute atomic E-state index is 12.8. The second-order valence-electron chi connectivity index (χ2n) is 6.65. The van der Waals surface area contributed by atoms with E-state index in [1.54, 1.807) is 12.1 Å². The van der Waals surface area contributed by atoms with Gasteiger partial charge in [-0.2, -0.15) is 0 Å². The number of benzene rings is 1. The van der Waals surface area contributed by atoms with Gasteiger partial charge in [0.2, 0.25) is 0 Å². The van der Waals surface area contributed by atoms with Gasteiger partial charge in [0.25, 0.3) is 0 Å². The van der Waals surface area contributed by atoms with Crippen molar-refractivity contribution in [2.24, 2.45) is 5.41 Å². The first-order valence-corrected chi connectivity index (χ1v) is 7.93. The van der Waals surface area contributed by atoms with Gasteiger partial charge in [0.1, 0.15) is 5.82 Å². The van der Waals surface area contributed by atoms with Gasteiger partial charge in [0, 0.05) is 18.5 Å². The molecule has 0 amide bonds. The lowest BCUT2D eigenvalue weighted by Gasteiger charge is -2.42. The number of halogens is 1. The molecule has 0 spiro atoms. The lowest BCUT2D eigenvalue weighted by Crippen LogP contribution is -2.46. The van der Waals surface area contributed by atoms with Gasteiger partial charge >= 0.3 is 0 Å². The fourth-order valence-electron chi connectivity index (χ4n) is 3.16. The van der Waals surface area contributed by atoms with E-state index in [4.69, 9.17) is 0 Å². The van der Waals surface area contributed by atoms with Gasteiger partial charge < -0.3 is 10.0 Å². The van der Waals surface area contributed by atoms with Crippen LogP contribution in [0.2, 0.25) is 0 Å². The lowest BCUT2D eigenvalue weighted by atomic mass is 9.78. The molecular weight excluding hydrogens is 279 g/mol. The second-order valence-corrected chi connectivity index (χ2v) is 6.65. The average molecular weight is 306 g/mol. The standard InChI is InChI=1S/C18H27FN2O/c1-20(2)14-18(15-22)9-12-21(13-10-18)11-3-4-16-5-7-17(19)8-6-16/h3-8,22H,9-15H2,1-2H3. The Kier molecular flexibility index (Phi) is 6.12. The molecule has 0 unspecified atom stereocenters. The predicted octanol–water partition coefficient (Wildman–Crippen LogP) is 2.48. The van der Waals surface area contributed by atoms with Gasteiger partial charge in [-0.3, -0.25) is 4.90 Å². The third-order valence-corrected chi connectivity index (χ3v) is 4.45. The van der Waals surface area contributed by atoms with Crippen LogP contribution in [0.3, 0.4) is 0 Å². The maximum atomic E-state index is 12.8. The molecule has 0 radical (unpaired) electrons. The number of rotatable bonds is 6. The molecule has 1 aliphatic rings. The zero-order valence-electron chi connectivity index (χ0n) is 13.6. The molecule has 1 aromatic carbocycles. The molecule has 3 nitrogen and oxygen atoms in total. The minimum atomic E-state index is -0.200. The first-order chi connectivity index (χ1) is 10.5. The number of hydrogen-bond acceptors (Lipinski definition) is 3. The summed E-state index contributed by atoms with van der Waals surface area (Å²) < 4.78 is 12.8. The van der Waals surface area contributed by atoms with E-state index in [1.807, 2.05) is 6.08 Å². The summed E-state index contributed by atoms with van der Waals surface area (Å²) in [4.78, 5) is 4.57. The van der Waals surface area contributed by atoms with Crippen LogP contribution in [0.25, 0.3) is 6.08 Å². The zero-order valence-corrected chi connectivity index (χ0v) is 13.6. The molecule has 0 bridgehead atoms. The summed E-state index contributed by atoms with van der Waals surface area (Å²) in [5, 5.41) is 9.73. The Hall–Kier alpha value is -1.23.